The number of halogens is 2. The normalized spacial score (nSPS) is 30.6. The minimum atomic E-state index is -1.69. The van der Waals surface area contributed by atoms with Crippen molar-refractivity contribution in [2.75, 3.05) is 0 Å². The summed E-state index contributed by atoms with van der Waals surface area (Å²) < 4.78 is 27.5. The maximum Gasteiger partial charge on any atom is 0.197 e. The van der Waals surface area contributed by atoms with Gasteiger partial charge in [-0.1, -0.05) is 19.9 Å². The molecule has 2 aliphatic rings. The number of ketones is 2. The number of aliphatic hydroxyl groups excluding tert-OH is 1. The molecule has 0 radical (unpaired) electrons. The first-order valence-electron chi connectivity index (χ1n) is 7.46. The highest BCUT2D eigenvalue weighted by Gasteiger charge is 2.61. The van der Waals surface area contributed by atoms with Crippen LogP contribution in [0.2, 0.25) is 0 Å². The van der Waals surface area contributed by atoms with Gasteiger partial charge in [-0.25, -0.2) is 8.78 Å². The topological polar surface area (TPSA) is 54.4 Å². The molecular weight excluding hydrogens is 290 g/mol. The van der Waals surface area contributed by atoms with Crippen molar-refractivity contribution in [2.24, 2.45) is 23.2 Å². The fourth-order valence-electron chi connectivity index (χ4n) is 4.35. The fraction of sp³-hybridized carbons (Fsp3) is 0.529. The number of aliphatic hydroxyl groups is 1. The smallest absolute Gasteiger partial charge is 0.197 e. The number of rotatable bonds is 3. The van der Waals surface area contributed by atoms with Crippen molar-refractivity contribution in [1.29, 1.82) is 0 Å². The van der Waals surface area contributed by atoms with Gasteiger partial charge in [-0.3, -0.25) is 9.59 Å². The summed E-state index contributed by atoms with van der Waals surface area (Å²) in [6.45, 7) is 3.90. The minimum absolute atomic E-state index is 0.126. The van der Waals surface area contributed by atoms with Crippen LogP contribution in [0.1, 0.15) is 37.0 Å². The Labute approximate surface area is 127 Å². The van der Waals surface area contributed by atoms with E-state index in [0.717, 1.165) is 31.0 Å². The second-order valence-electron chi connectivity index (χ2n) is 6.89. The third-order valence-electron chi connectivity index (χ3n) is 5.54. The Hall–Kier alpha value is -1.62. The lowest BCUT2D eigenvalue weighted by atomic mass is 9.77. The van der Waals surface area contributed by atoms with E-state index in [9.17, 15) is 23.5 Å². The van der Waals surface area contributed by atoms with Crippen molar-refractivity contribution < 1.29 is 23.5 Å². The highest BCUT2D eigenvalue weighted by atomic mass is 19.1. The summed E-state index contributed by atoms with van der Waals surface area (Å²) >= 11 is 0. The van der Waals surface area contributed by atoms with E-state index in [-0.39, 0.29) is 23.0 Å². The molecule has 2 fully saturated rings. The lowest BCUT2D eigenvalue weighted by Gasteiger charge is -2.28. The van der Waals surface area contributed by atoms with E-state index in [1.165, 1.54) is 0 Å². The van der Waals surface area contributed by atoms with Gasteiger partial charge < -0.3 is 5.11 Å². The Kier molecular flexibility index (Phi) is 3.44. The van der Waals surface area contributed by atoms with Crippen molar-refractivity contribution in [2.45, 2.75) is 32.8 Å². The average molecular weight is 308 g/mol. The van der Waals surface area contributed by atoms with Crippen LogP contribution in [0.15, 0.2) is 18.2 Å². The molecule has 2 aliphatic carbocycles. The zero-order valence-electron chi connectivity index (χ0n) is 12.5. The van der Waals surface area contributed by atoms with Crippen LogP contribution in [0.25, 0.3) is 0 Å². The summed E-state index contributed by atoms with van der Waals surface area (Å²) in [4.78, 5) is 24.8. The molecule has 1 aromatic carbocycles. The van der Waals surface area contributed by atoms with E-state index in [4.69, 9.17) is 0 Å². The molecule has 22 heavy (non-hydrogen) atoms. The van der Waals surface area contributed by atoms with Gasteiger partial charge in [0.05, 0.1) is 11.5 Å². The molecule has 0 heterocycles. The summed E-state index contributed by atoms with van der Waals surface area (Å²) in [5.41, 5.74) is -1.04. The lowest BCUT2D eigenvalue weighted by molar-refractivity contribution is -0.128. The van der Waals surface area contributed by atoms with Crippen LogP contribution in [0.4, 0.5) is 8.78 Å². The first-order valence-corrected chi connectivity index (χ1v) is 7.46. The molecule has 3 unspecified atom stereocenters. The second-order valence-corrected chi connectivity index (χ2v) is 6.89. The van der Waals surface area contributed by atoms with Crippen LogP contribution in [0.5, 0.6) is 0 Å². The number of benzene rings is 1. The van der Waals surface area contributed by atoms with Crippen LogP contribution < -0.4 is 0 Å². The third-order valence-corrected chi connectivity index (χ3v) is 5.54. The summed E-state index contributed by atoms with van der Waals surface area (Å²) in [6, 6.07) is 3.09. The first kappa shape index (κ1) is 15.3. The van der Waals surface area contributed by atoms with Crippen molar-refractivity contribution >= 4 is 11.6 Å². The number of hydrogen-bond acceptors (Lipinski definition) is 3. The fourth-order valence-corrected chi connectivity index (χ4v) is 4.35. The van der Waals surface area contributed by atoms with Crippen LogP contribution in [-0.4, -0.2) is 22.8 Å². The van der Waals surface area contributed by atoms with Gasteiger partial charge in [0.2, 0.25) is 0 Å². The van der Waals surface area contributed by atoms with Crippen LogP contribution in [-0.2, 0) is 4.79 Å². The average Bonchev–Trinajstić information content (AvgIpc) is 2.83. The van der Waals surface area contributed by atoms with Crippen LogP contribution in [0, 0.1) is 34.8 Å². The molecule has 4 atom stereocenters. The standard InChI is InChI=1S/C17H18F2O3/c1-17(2)8-6-7-9(17)14(20)12(8)15(21)16(22)13-10(18)4-3-5-11(13)19/h3-5,8-9,12,15,21H,6-7H2,1-2H3/t8?,9-,12?,15?/m0/s1. The van der Waals surface area contributed by atoms with Gasteiger partial charge in [0.1, 0.15) is 23.5 Å². The van der Waals surface area contributed by atoms with Gasteiger partial charge >= 0.3 is 0 Å². The van der Waals surface area contributed by atoms with Gasteiger partial charge in [-0.2, -0.15) is 0 Å². The Morgan fingerprint density at radius 1 is 1.27 bits per heavy atom. The Bertz CT molecular complexity index is 633. The highest BCUT2D eigenvalue weighted by Crippen LogP contribution is 2.59. The van der Waals surface area contributed by atoms with E-state index in [2.05, 4.69) is 0 Å². The van der Waals surface area contributed by atoms with E-state index >= 15 is 0 Å². The predicted octanol–water partition coefficient (Wildman–Crippen LogP) is 2.76. The quantitative estimate of drug-likeness (QED) is 0.874. The van der Waals surface area contributed by atoms with E-state index in [1.54, 1.807) is 0 Å². The summed E-state index contributed by atoms with van der Waals surface area (Å²) in [6.07, 6.45) is -0.186. The van der Waals surface area contributed by atoms with Crippen molar-refractivity contribution in [3.05, 3.63) is 35.4 Å². The Morgan fingerprint density at radius 3 is 2.36 bits per heavy atom. The van der Waals surface area contributed by atoms with E-state index < -0.39 is 35.0 Å². The Morgan fingerprint density at radius 2 is 1.86 bits per heavy atom. The molecule has 0 spiro atoms. The van der Waals surface area contributed by atoms with Gasteiger partial charge in [0.25, 0.3) is 0 Å². The summed E-state index contributed by atoms with van der Waals surface area (Å²) in [5.74, 6) is -4.40. The first-order chi connectivity index (χ1) is 10.3. The van der Waals surface area contributed by atoms with Gasteiger partial charge in [-0.05, 0) is 36.3 Å². The third kappa shape index (κ3) is 1.95. The molecule has 1 aromatic rings. The number of fused-ring (bicyclic) bond motifs is 2. The molecule has 0 saturated heterocycles. The zero-order valence-corrected chi connectivity index (χ0v) is 12.5. The summed E-state index contributed by atoms with van der Waals surface area (Å²) in [5, 5.41) is 10.3. The van der Waals surface area contributed by atoms with E-state index in [0.29, 0.717) is 0 Å². The monoisotopic (exact) mass is 308 g/mol. The van der Waals surface area contributed by atoms with Gasteiger partial charge in [0, 0.05) is 5.92 Å². The Balaban J connectivity index is 1.94. The molecule has 0 aliphatic heterocycles. The maximum atomic E-state index is 13.7. The molecule has 0 aromatic heterocycles. The maximum absolute atomic E-state index is 13.7. The molecular formula is C17H18F2O3. The minimum Gasteiger partial charge on any atom is -0.384 e. The van der Waals surface area contributed by atoms with Gasteiger partial charge in [0.15, 0.2) is 5.78 Å². The van der Waals surface area contributed by atoms with Crippen molar-refractivity contribution in [3.63, 3.8) is 0 Å². The zero-order chi connectivity index (χ0) is 16.2. The van der Waals surface area contributed by atoms with Gasteiger partial charge in [-0.15, -0.1) is 0 Å². The van der Waals surface area contributed by atoms with Crippen molar-refractivity contribution in [1.82, 2.24) is 0 Å². The molecule has 3 rings (SSSR count). The molecule has 1 N–H and O–H groups in total. The number of carbonyl (C=O) groups is 2. The molecule has 5 heteroatoms. The molecule has 118 valence electrons. The largest absolute Gasteiger partial charge is 0.384 e. The molecule has 2 bridgehead atoms. The van der Waals surface area contributed by atoms with E-state index in [1.807, 2.05) is 13.8 Å². The van der Waals surface area contributed by atoms with Crippen LogP contribution in [0.3, 0.4) is 0 Å². The highest BCUT2D eigenvalue weighted by molar-refractivity contribution is 6.04. The number of hydrogen-bond donors (Lipinski definition) is 1. The molecule has 2 saturated carbocycles. The number of Topliss-reactive ketones (excluding diaryl/α,β-unsaturated/α-hetero) is 2. The van der Waals surface area contributed by atoms with Crippen molar-refractivity contribution in [3.8, 4) is 0 Å². The lowest BCUT2D eigenvalue weighted by Crippen LogP contribution is -2.39. The van der Waals surface area contributed by atoms with Crippen LogP contribution >= 0.6 is 0 Å². The predicted molar refractivity (Wildman–Crippen MR) is 75.2 cm³/mol. The molecule has 3 nitrogen and oxygen atoms in total. The second kappa shape index (κ2) is 4.95. The molecule has 0 amide bonds. The summed E-state index contributed by atoms with van der Waals surface area (Å²) in [7, 11) is 0. The number of carbonyl (C=O) groups excluding carboxylic acids is 2. The SMILES string of the molecule is CC1(C)C2CC[C@H]1C(=O)C2C(O)C(=O)c1c(F)cccc1F.